The first-order chi connectivity index (χ1) is 12.5. The lowest BCUT2D eigenvalue weighted by molar-refractivity contribution is -0.118. The Labute approximate surface area is 159 Å². The van der Waals surface area contributed by atoms with Crippen molar-refractivity contribution in [1.82, 2.24) is 5.43 Å². The summed E-state index contributed by atoms with van der Waals surface area (Å²) in [5.74, 6) is 1.27. The molecular weight excluding hydrogens is 352 g/mol. The van der Waals surface area contributed by atoms with Crippen molar-refractivity contribution in [3.05, 3.63) is 58.1 Å². The lowest BCUT2D eigenvalue weighted by atomic mass is 10.1. The van der Waals surface area contributed by atoms with E-state index in [9.17, 15) is 4.79 Å². The summed E-state index contributed by atoms with van der Waals surface area (Å²) in [6, 6.07) is 11.3. The topological polar surface area (TPSA) is 59.9 Å². The van der Waals surface area contributed by atoms with Gasteiger partial charge in [0.2, 0.25) is 5.91 Å². The van der Waals surface area contributed by atoms with Gasteiger partial charge >= 0.3 is 0 Å². The first-order valence-corrected chi connectivity index (χ1v) is 8.75. The minimum atomic E-state index is -0.241. The van der Waals surface area contributed by atoms with Crippen LogP contribution in [-0.4, -0.2) is 25.3 Å². The predicted molar refractivity (Wildman–Crippen MR) is 104 cm³/mol. The lowest BCUT2D eigenvalue weighted by Gasteiger charge is -2.11. The van der Waals surface area contributed by atoms with E-state index in [0.29, 0.717) is 29.5 Å². The Bertz CT molecular complexity index is 791. The molecule has 1 amide bonds. The Morgan fingerprint density at radius 2 is 1.88 bits per heavy atom. The van der Waals surface area contributed by atoms with Gasteiger partial charge in [-0.3, -0.25) is 4.79 Å². The number of nitrogens with one attached hydrogen (secondary N) is 1. The van der Waals surface area contributed by atoms with Crippen LogP contribution in [0.5, 0.6) is 11.5 Å². The van der Waals surface area contributed by atoms with Gasteiger partial charge in [0.1, 0.15) is 11.5 Å². The fourth-order valence-electron chi connectivity index (χ4n) is 2.18. The molecule has 0 saturated heterocycles. The van der Waals surface area contributed by atoms with E-state index >= 15 is 0 Å². The van der Waals surface area contributed by atoms with Crippen LogP contribution in [0.2, 0.25) is 5.02 Å². The van der Waals surface area contributed by atoms with Crippen LogP contribution in [0.1, 0.15) is 30.0 Å². The van der Waals surface area contributed by atoms with Crippen molar-refractivity contribution in [3.63, 3.8) is 0 Å². The lowest BCUT2D eigenvalue weighted by Crippen LogP contribution is -2.12. The number of benzene rings is 2. The predicted octanol–water partition coefficient (Wildman–Crippen LogP) is 4.27. The molecule has 5 nitrogen and oxygen atoms in total. The molecule has 0 heterocycles. The summed E-state index contributed by atoms with van der Waals surface area (Å²) >= 11 is 6.01. The molecule has 0 aliphatic heterocycles. The second-order valence-electron chi connectivity index (χ2n) is 5.90. The molecule has 0 atom stereocenters. The molecule has 2 aromatic rings. The number of aryl methyl sites for hydroxylation is 2. The van der Waals surface area contributed by atoms with Crippen LogP contribution in [0, 0.1) is 13.8 Å². The molecule has 0 spiro atoms. The van der Waals surface area contributed by atoms with Crippen LogP contribution >= 0.6 is 11.6 Å². The van der Waals surface area contributed by atoms with Crippen LogP contribution in [0.4, 0.5) is 0 Å². The highest BCUT2D eigenvalue weighted by atomic mass is 35.5. The highest BCUT2D eigenvalue weighted by Gasteiger charge is 2.04. The van der Waals surface area contributed by atoms with Gasteiger partial charge in [0.25, 0.3) is 0 Å². The number of hydrogen-bond acceptors (Lipinski definition) is 4. The summed E-state index contributed by atoms with van der Waals surface area (Å²) < 4.78 is 11.5. The van der Waals surface area contributed by atoms with Gasteiger partial charge < -0.3 is 9.47 Å². The van der Waals surface area contributed by atoms with E-state index in [1.54, 1.807) is 18.2 Å². The zero-order valence-corrected chi connectivity index (χ0v) is 16.0. The normalized spacial score (nSPS) is 10.8. The summed E-state index contributed by atoms with van der Waals surface area (Å²) in [4.78, 5) is 10.9. The van der Waals surface area contributed by atoms with Gasteiger partial charge in [-0.1, -0.05) is 17.7 Å². The first-order valence-electron chi connectivity index (χ1n) is 8.38. The van der Waals surface area contributed by atoms with Gasteiger partial charge in [-0.15, -0.1) is 0 Å². The number of rotatable bonds is 8. The number of carbonyl (C=O) groups excluding carboxylic acids is 1. The van der Waals surface area contributed by atoms with Crippen LogP contribution in [-0.2, 0) is 4.79 Å². The highest BCUT2D eigenvalue weighted by molar-refractivity contribution is 6.30. The van der Waals surface area contributed by atoms with Crippen LogP contribution < -0.4 is 14.9 Å². The van der Waals surface area contributed by atoms with Gasteiger partial charge in [0.05, 0.1) is 19.4 Å². The Hall–Kier alpha value is -2.53. The van der Waals surface area contributed by atoms with Crippen molar-refractivity contribution in [3.8, 4) is 11.5 Å². The largest absolute Gasteiger partial charge is 0.493 e. The van der Waals surface area contributed by atoms with Gasteiger partial charge in [-0.05, 0) is 55.3 Å². The molecule has 0 unspecified atom stereocenters. The third-order valence-electron chi connectivity index (χ3n) is 3.69. The van der Waals surface area contributed by atoms with Crippen LogP contribution in [0.3, 0.4) is 0 Å². The van der Waals surface area contributed by atoms with Crippen molar-refractivity contribution >= 4 is 23.7 Å². The standard InChI is InChI=1S/C20H23ClN2O3/c1-14-5-7-19(11-15(14)2)25-9-4-10-26-20-8-6-18(21)12-17(20)13-22-23-16(3)24/h5-8,11-13H,4,9-10H2,1-3H3,(H,23,24)/b22-13+. The van der Waals surface area contributed by atoms with Gasteiger partial charge in [-0.2, -0.15) is 5.10 Å². The minimum Gasteiger partial charge on any atom is -0.493 e. The molecule has 138 valence electrons. The number of nitrogens with zero attached hydrogens (tertiary/aromatic N) is 1. The molecule has 0 radical (unpaired) electrons. The minimum absolute atomic E-state index is 0.241. The van der Waals surface area contributed by atoms with E-state index in [0.717, 1.165) is 12.2 Å². The fraction of sp³-hybridized carbons (Fsp3) is 0.300. The molecular formula is C20H23ClN2O3. The van der Waals surface area contributed by atoms with Crippen LogP contribution in [0.15, 0.2) is 41.5 Å². The maximum Gasteiger partial charge on any atom is 0.236 e. The summed E-state index contributed by atoms with van der Waals surface area (Å²) in [6.07, 6.45) is 2.24. The maximum absolute atomic E-state index is 10.9. The Balaban J connectivity index is 1.84. The Morgan fingerprint density at radius 3 is 2.62 bits per heavy atom. The summed E-state index contributed by atoms with van der Waals surface area (Å²) in [6.45, 7) is 6.59. The third kappa shape index (κ3) is 6.41. The average molecular weight is 375 g/mol. The van der Waals surface area contributed by atoms with E-state index in [1.165, 1.54) is 24.3 Å². The molecule has 0 saturated carbocycles. The fourth-order valence-corrected chi connectivity index (χ4v) is 2.36. The first kappa shape index (κ1) is 19.8. The van der Waals surface area contributed by atoms with Gasteiger partial charge in [0, 0.05) is 23.9 Å². The Kier molecular flexibility index (Phi) is 7.48. The molecule has 2 aromatic carbocycles. The number of halogens is 1. The second kappa shape index (κ2) is 9.82. The van der Waals surface area contributed by atoms with E-state index < -0.39 is 0 Å². The summed E-state index contributed by atoms with van der Waals surface area (Å²) in [7, 11) is 0. The van der Waals surface area contributed by atoms with Crippen molar-refractivity contribution in [2.45, 2.75) is 27.2 Å². The maximum atomic E-state index is 10.9. The van der Waals surface area contributed by atoms with E-state index in [1.807, 2.05) is 12.1 Å². The van der Waals surface area contributed by atoms with E-state index in [4.69, 9.17) is 21.1 Å². The molecule has 0 aliphatic carbocycles. The summed E-state index contributed by atoms with van der Waals surface area (Å²) in [5, 5.41) is 4.42. The molecule has 26 heavy (non-hydrogen) atoms. The zero-order valence-electron chi connectivity index (χ0n) is 15.2. The molecule has 0 fully saturated rings. The Morgan fingerprint density at radius 1 is 1.12 bits per heavy atom. The van der Waals surface area contributed by atoms with E-state index in [2.05, 4.69) is 30.4 Å². The smallest absolute Gasteiger partial charge is 0.236 e. The number of hydrazone groups is 1. The number of amides is 1. The average Bonchev–Trinajstić information content (AvgIpc) is 2.59. The second-order valence-corrected chi connectivity index (χ2v) is 6.34. The molecule has 1 N–H and O–H groups in total. The van der Waals surface area contributed by atoms with E-state index in [-0.39, 0.29) is 5.91 Å². The number of hydrogen-bond donors (Lipinski definition) is 1. The zero-order chi connectivity index (χ0) is 18.9. The third-order valence-corrected chi connectivity index (χ3v) is 3.93. The summed E-state index contributed by atoms with van der Waals surface area (Å²) in [5.41, 5.74) is 5.51. The SMILES string of the molecule is CC(=O)N/N=C/c1cc(Cl)ccc1OCCCOc1ccc(C)c(C)c1. The molecule has 0 bridgehead atoms. The van der Waals surface area contributed by atoms with Crippen molar-refractivity contribution in [1.29, 1.82) is 0 Å². The van der Waals surface area contributed by atoms with Gasteiger partial charge in [-0.25, -0.2) is 5.43 Å². The quantitative estimate of drug-likeness (QED) is 0.426. The van der Waals surface area contributed by atoms with Crippen molar-refractivity contribution in [2.24, 2.45) is 5.10 Å². The number of ether oxygens (including phenoxy) is 2. The van der Waals surface area contributed by atoms with Gasteiger partial charge in [0.15, 0.2) is 0 Å². The number of carbonyl (C=O) groups is 1. The molecule has 2 rings (SSSR count). The molecule has 6 heteroatoms. The van der Waals surface area contributed by atoms with Crippen LogP contribution in [0.25, 0.3) is 0 Å². The highest BCUT2D eigenvalue weighted by Crippen LogP contribution is 2.22. The van der Waals surface area contributed by atoms with Crippen molar-refractivity contribution in [2.75, 3.05) is 13.2 Å². The molecule has 0 aliphatic rings. The molecule has 0 aromatic heterocycles. The monoisotopic (exact) mass is 374 g/mol. The van der Waals surface area contributed by atoms with Crippen molar-refractivity contribution < 1.29 is 14.3 Å².